The first-order valence-corrected chi connectivity index (χ1v) is 21.3. The van der Waals surface area contributed by atoms with E-state index in [4.69, 9.17) is 0 Å². The van der Waals surface area contributed by atoms with Crippen molar-refractivity contribution in [2.45, 2.75) is 19.3 Å². The molecule has 13 rings (SSSR count). The number of hydrogen-bond acceptors (Lipinski definition) is 0. The molecule has 61 heavy (non-hydrogen) atoms. The van der Waals surface area contributed by atoms with Gasteiger partial charge in [-0.15, -0.1) is 0 Å². The summed E-state index contributed by atoms with van der Waals surface area (Å²) in [4.78, 5) is 0. The second-order valence-corrected chi connectivity index (χ2v) is 17.3. The highest BCUT2D eigenvalue weighted by molar-refractivity contribution is 6.23. The van der Waals surface area contributed by atoms with E-state index in [0.717, 1.165) is 11.4 Å². The minimum Gasteiger partial charge on any atom is -0.309 e. The van der Waals surface area contributed by atoms with Crippen molar-refractivity contribution >= 4 is 65.2 Å². The zero-order chi connectivity index (χ0) is 40.4. The molecule has 1 aliphatic rings. The van der Waals surface area contributed by atoms with E-state index in [1.54, 1.807) is 0 Å². The first kappa shape index (κ1) is 34.2. The zero-order valence-corrected chi connectivity index (χ0v) is 34.0. The van der Waals surface area contributed by atoms with Gasteiger partial charge in [-0.05, 0) is 115 Å². The average molecular weight is 777 g/mol. The third kappa shape index (κ3) is 4.91. The molecule has 0 saturated heterocycles. The number of rotatable bonds is 4. The monoisotopic (exact) mass is 776 g/mol. The van der Waals surface area contributed by atoms with Crippen LogP contribution in [0, 0.1) is 0 Å². The summed E-state index contributed by atoms with van der Waals surface area (Å²) in [7, 11) is 0. The third-order valence-electron chi connectivity index (χ3n) is 13.7. The Labute approximate surface area is 354 Å². The molecular weight excluding hydrogens is 737 g/mol. The molecule has 0 radical (unpaired) electrons. The number of nitrogens with zero attached hydrogens (tertiary/aromatic N) is 2. The van der Waals surface area contributed by atoms with E-state index in [2.05, 4.69) is 229 Å². The summed E-state index contributed by atoms with van der Waals surface area (Å²) in [6.45, 7) is 4.76. The number of fused-ring (bicyclic) bond motifs is 13. The van der Waals surface area contributed by atoms with E-state index in [0.29, 0.717) is 0 Å². The van der Waals surface area contributed by atoms with Crippen molar-refractivity contribution in [2.75, 3.05) is 0 Å². The number of benzene rings is 10. The second kappa shape index (κ2) is 12.7. The van der Waals surface area contributed by atoms with Gasteiger partial charge in [0.25, 0.3) is 0 Å². The van der Waals surface area contributed by atoms with Gasteiger partial charge in [0.05, 0.1) is 22.1 Å². The van der Waals surface area contributed by atoms with Crippen molar-refractivity contribution in [2.24, 2.45) is 0 Å². The Balaban J connectivity index is 0.975. The molecule has 286 valence electrons. The van der Waals surface area contributed by atoms with Crippen LogP contribution in [0.4, 0.5) is 0 Å². The van der Waals surface area contributed by atoms with Gasteiger partial charge in [0.2, 0.25) is 0 Å². The molecule has 2 heteroatoms. The van der Waals surface area contributed by atoms with Crippen LogP contribution in [0.2, 0.25) is 0 Å². The highest BCUT2D eigenvalue weighted by Crippen LogP contribution is 2.51. The Hall–Kier alpha value is -7.68. The summed E-state index contributed by atoms with van der Waals surface area (Å²) in [6.07, 6.45) is 0. The van der Waals surface area contributed by atoms with E-state index in [1.807, 2.05) is 0 Å². The lowest BCUT2D eigenvalue weighted by Crippen LogP contribution is -2.14. The molecule has 0 atom stereocenters. The Morgan fingerprint density at radius 2 is 0.885 bits per heavy atom. The summed E-state index contributed by atoms with van der Waals surface area (Å²) in [5.74, 6) is 0. The highest BCUT2D eigenvalue weighted by atomic mass is 15.0. The van der Waals surface area contributed by atoms with E-state index in [1.165, 1.54) is 110 Å². The van der Waals surface area contributed by atoms with Crippen LogP contribution in [0.15, 0.2) is 206 Å². The summed E-state index contributed by atoms with van der Waals surface area (Å²) in [5.41, 5.74) is 17.5. The van der Waals surface area contributed by atoms with Crippen molar-refractivity contribution in [3.63, 3.8) is 0 Å². The molecule has 2 nitrogen and oxygen atoms in total. The normalized spacial score (nSPS) is 13.2. The second-order valence-electron chi connectivity index (χ2n) is 17.3. The van der Waals surface area contributed by atoms with Crippen LogP contribution in [0.5, 0.6) is 0 Å². The molecule has 1 aliphatic carbocycles. The SMILES string of the molecule is CC1(C)c2ccccc2-c2cc3c4ccc5c6ccccc6ccc5c4n(-c4ccc(-c5ccc6c(c5)c5ccccc5n6-c5ccc(-c6ccccc6)cc5)cc4)c3cc21. The van der Waals surface area contributed by atoms with Gasteiger partial charge in [0, 0.05) is 43.7 Å². The Morgan fingerprint density at radius 1 is 0.311 bits per heavy atom. The van der Waals surface area contributed by atoms with Crippen LogP contribution in [0.1, 0.15) is 25.0 Å². The van der Waals surface area contributed by atoms with Crippen molar-refractivity contribution in [1.82, 2.24) is 9.13 Å². The molecule has 0 saturated carbocycles. The van der Waals surface area contributed by atoms with Gasteiger partial charge in [-0.25, -0.2) is 0 Å². The van der Waals surface area contributed by atoms with Gasteiger partial charge in [-0.2, -0.15) is 0 Å². The Kier molecular flexibility index (Phi) is 7.10. The zero-order valence-electron chi connectivity index (χ0n) is 34.0. The van der Waals surface area contributed by atoms with Crippen molar-refractivity contribution in [1.29, 1.82) is 0 Å². The maximum Gasteiger partial charge on any atom is 0.0619 e. The van der Waals surface area contributed by atoms with Gasteiger partial charge in [-0.3, -0.25) is 0 Å². The smallest absolute Gasteiger partial charge is 0.0619 e. The molecular formula is C59H40N2. The number of hydrogen-bond donors (Lipinski definition) is 0. The molecule has 0 amide bonds. The molecule has 0 spiro atoms. The fourth-order valence-electron chi connectivity index (χ4n) is 10.7. The molecule has 10 aromatic carbocycles. The summed E-state index contributed by atoms with van der Waals surface area (Å²) >= 11 is 0. The number of aromatic nitrogens is 2. The lowest BCUT2D eigenvalue weighted by Gasteiger charge is -2.21. The third-order valence-corrected chi connectivity index (χ3v) is 13.7. The highest BCUT2D eigenvalue weighted by Gasteiger charge is 2.36. The molecule has 2 heterocycles. The molecule has 0 bridgehead atoms. The average Bonchev–Trinajstić information content (AvgIpc) is 3.91. The lowest BCUT2D eigenvalue weighted by atomic mass is 9.82. The van der Waals surface area contributed by atoms with Crippen molar-refractivity contribution in [3.8, 4) is 44.8 Å². The topological polar surface area (TPSA) is 9.86 Å². The lowest BCUT2D eigenvalue weighted by molar-refractivity contribution is 0.661. The summed E-state index contributed by atoms with van der Waals surface area (Å²) < 4.78 is 4.93. The van der Waals surface area contributed by atoms with E-state index >= 15 is 0 Å². The molecule has 0 unspecified atom stereocenters. The van der Waals surface area contributed by atoms with Crippen LogP contribution < -0.4 is 0 Å². The van der Waals surface area contributed by atoms with E-state index < -0.39 is 0 Å². The fourth-order valence-corrected chi connectivity index (χ4v) is 10.7. The van der Waals surface area contributed by atoms with Gasteiger partial charge < -0.3 is 9.13 Å². The predicted octanol–water partition coefficient (Wildman–Crippen LogP) is 15.8. The molecule has 0 fully saturated rings. The predicted molar refractivity (Wildman–Crippen MR) is 259 cm³/mol. The molecule has 12 aromatic rings. The quantitative estimate of drug-likeness (QED) is 0.158. The van der Waals surface area contributed by atoms with Crippen LogP contribution >= 0.6 is 0 Å². The van der Waals surface area contributed by atoms with Crippen LogP contribution in [0.25, 0.3) is 110 Å². The van der Waals surface area contributed by atoms with Crippen molar-refractivity contribution in [3.05, 3.63) is 217 Å². The summed E-state index contributed by atoms with van der Waals surface area (Å²) in [5, 5.41) is 10.2. The van der Waals surface area contributed by atoms with Crippen LogP contribution in [-0.2, 0) is 5.41 Å². The minimum absolute atomic E-state index is 0.100. The van der Waals surface area contributed by atoms with E-state index in [-0.39, 0.29) is 5.41 Å². The first-order valence-electron chi connectivity index (χ1n) is 21.3. The fraction of sp³-hybridized carbons (Fsp3) is 0.0508. The van der Waals surface area contributed by atoms with Crippen molar-refractivity contribution < 1.29 is 0 Å². The molecule has 0 N–H and O–H groups in total. The van der Waals surface area contributed by atoms with E-state index in [9.17, 15) is 0 Å². The molecule has 2 aromatic heterocycles. The minimum atomic E-state index is -0.100. The van der Waals surface area contributed by atoms with Gasteiger partial charge >= 0.3 is 0 Å². The summed E-state index contributed by atoms with van der Waals surface area (Å²) in [6, 6.07) is 76.6. The van der Waals surface area contributed by atoms with Gasteiger partial charge in [0.15, 0.2) is 0 Å². The maximum atomic E-state index is 2.53. The Bertz CT molecular complexity index is 3750. The maximum absolute atomic E-state index is 2.53. The first-order chi connectivity index (χ1) is 30.0. The standard InChI is InChI=1S/C59H40N2/c1-59(2)53-18-10-8-16-46(53)50-35-52-49-32-31-45-44-15-7-6-14-40(44)24-30-48(45)58(49)61(57(52)36-54(50)59)43-28-22-39(23-29-43)41-25-33-56-51(34-41)47-17-9-11-19-55(47)60(56)42-26-20-38(21-27-42)37-12-4-3-5-13-37/h3-36H,1-2H3. The Morgan fingerprint density at radius 3 is 1.70 bits per heavy atom. The number of para-hydroxylation sites is 1. The molecule has 0 aliphatic heterocycles. The van der Waals surface area contributed by atoms with Crippen LogP contribution in [-0.4, -0.2) is 9.13 Å². The van der Waals surface area contributed by atoms with Gasteiger partial charge in [0.1, 0.15) is 0 Å². The largest absolute Gasteiger partial charge is 0.309 e. The van der Waals surface area contributed by atoms with Crippen LogP contribution in [0.3, 0.4) is 0 Å². The van der Waals surface area contributed by atoms with Gasteiger partial charge in [-0.1, -0.05) is 166 Å².